The SMILES string of the molecule is Cc1cccc(Cn2c(CCl)nc3cc(Cl)cnc32)n1. The minimum absolute atomic E-state index is 0.319. The molecule has 0 aliphatic rings. The summed E-state index contributed by atoms with van der Waals surface area (Å²) >= 11 is 11.9. The zero-order valence-electron chi connectivity index (χ0n) is 10.8. The van der Waals surface area contributed by atoms with Gasteiger partial charge in [-0.2, -0.15) is 0 Å². The number of nitrogens with zero attached hydrogens (tertiary/aromatic N) is 4. The topological polar surface area (TPSA) is 43.6 Å². The number of imidazole rings is 1. The van der Waals surface area contributed by atoms with Crippen LogP contribution >= 0.6 is 23.2 Å². The van der Waals surface area contributed by atoms with Crippen LogP contribution in [0.4, 0.5) is 0 Å². The summed E-state index contributed by atoms with van der Waals surface area (Å²) in [5, 5.41) is 0.567. The van der Waals surface area contributed by atoms with Crippen LogP contribution in [0.2, 0.25) is 5.02 Å². The summed E-state index contributed by atoms with van der Waals surface area (Å²) in [7, 11) is 0. The van der Waals surface area contributed by atoms with Gasteiger partial charge >= 0.3 is 0 Å². The molecule has 3 rings (SSSR count). The third kappa shape index (κ3) is 2.49. The lowest BCUT2D eigenvalue weighted by molar-refractivity contribution is 0.748. The molecule has 0 aromatic carbocycles. The van der Waals surface area contributed by atoms with Crippen LogP contribution < -0.4 is 0 Å². The molecule has 0 saturated heterocycles. The molecule has 0 unspecified atom stereocenters. The second-order valence-electron chi connectivity index (χ2n) is 4.51. The van der Waals surface area contributed by atoms with Gasteiger partial charge in [-0.3, -0.25) is 4.98 Å². The molecule has 0 radical (unpaired) electrons. The first-order valence-corrected chi connectivity index (χ1v) is 7.08. The van der Waals surface area contributed by atoms with Crippen molar-refractivity contribution < 1.29 is 0 Å². The summed E-state index contributed by atoms with van der Waals surface area (Å²) in [5.41, 5.74) is 3.46. The van der Waals surface area contributed by atoms with Crippen molar-refractivity contribution in [2.75, 3.05) is 0 Å². The van der Waals surface area contributed by atoms with Crippen LogP contribution in [0.3, 0.4) is 0 Å². The predicted molar refractivity (Wildman–Crippen MR) is 80.2 cm³/mol. The normalized spacial score (nSPS) is 11.2. The fourth-order valence-corrected chi connectivity index (χ4v) is 2.51. The van der Waals surface area contributed by atoms with Gasteiger partial charge < -0.3 is 4.57 Å². The maximum atomic E-state index is 5.98. The number of aromatic nitrogens is 4. The number of fused-ring (bicyclic) bond motifs is 1. The minimum Gasteiger partial charge on any atom is -0.306 e. The lowest BCUT2D eigenvalue weighted by Gasteiger charge is -2.07. The highest BCUT2D eigenvalue weighted by atomic mass is 35.5. The predicted octanol–water partition coefficient (Wildman–Crippen LogP) is 3.58. The number of hydrogen-bond donors (Lipinski definition) is 0. The van der Waals surface area contributed by atoms with E-state index in [1.54, 1.807) is 12.3 Å². The molecule has 6 heteroatoms. The summed E-state index contributed by atoms with van der Waals surface area (Å²) < 4.78 is 1.97. The molecule has 4 nitrogen and oxygen atoms in total. The molecule has 0 aliphatic heterocycles. The molecule has 0 spiro atoms. The van der Waals surface area contributed by atoms with Gasteiger partial charge in [0.15, 0.2) is 5.65 Å². The third-order valence-electron chi connectivity index (χ3n) is 3.02. The van der Waals surface area contributed by atoms with Gasteiger partial charge in [-0.15, -0.1) is 11.6 Å². The van der Waals surface area contributed by atoms with Crippen LogP contribution in [-0.4, -0.2) is 19.5 Å². The van der Waals surface area contributed by atoms with E-state index in [0.29, 0.717) is 17.4 Å². The highest BCUT2D eigenvalue weighted by molar-refractivity contribution is 6.31. The van der Waals surface area contributed by atoms with E-state index in [0.717, 1.165) is 28.4 Å². The molecule has 20 heavy (non-hydrogen) atoms. The smallest absolute Gasteiger partial charge is 0.160 e. The summed E-state index contributed by atoms with van der Waals surface area (Å²) in [5.74, 6) is 1.08. The van der Waals surface area contributed by atoms with E-state index < -0.39 is 0 Å². The Bertz CT molecular complexity index is 767. The Morgan fingerprint density at radius 2 is 2.10 bits per heavy atom. The summed E-state index contributed by atoms with van der Waals surface area (Å²) in [4.78, 5) is 13.3. The van der Waals surface area contributed by atoms with Gasteiger partial charge in [0.05, 0.1) is 23.1 Å². The van der Waals surface area contributed by atoms with Crippen LogP contribution in [0, 0.1) is 6.92 Å². The molecule has 3 heterocycles. The van der Waals surface area contributed by atoms with Crippen molar-refractivity contribution in [3.8, 4) is 0 Å². The zero-order chi connectivity index (χ0) is 14.1. The van der Waals surface area contributed by atoms with Gasteiger partial charge in [0.1, 0.15) is 11.3 Å². The number of aryl methyl sites for hydroxylation is 1. The van der Waals surface area contributed by atoms with Crippen molar-refractivity contribution in [2.45, 2.75) is 19.3 Å². The first-order valence-electron chi connectivity index (χ1n) is 6.16. The van der Waals surface area contributed by atoms with Crippen LogP contribution in [0.15, 0.2) is 30.5 Å². The van der Waals surface area contributed by atoms with Gasteiger partial charge in [-0.25, -0.2) is 9.97 Å². The second-order valence-corrected chi connectivity index (χ2v) is 5.22. The standard InChI is InChI=1S/C14H12Cl2N4/c1-9-3-2-4-11(18-9)8-20-13(6-15)19-12-5-10(16)7-17-14(12)20/h2-5,7H,6,8H2,1H3. The molecule has 0 fully saturated rings. The Morgan fingerprint density at radius 1 is 1.25 bits per heavy atom. The molecule has 0 aliphatic carbocycles. The minimum atomic E-state index is 0.319. The number of halogens is 2. The van der Waals surface area contributed by atoms with E-state index >= 15 is 0 Å². The van der Waals surface area contributed by atoms with Crippen molar-refractivity contribution in [1.29, 1.82) is 0 Å². The van der Waals surface area contributed by atoms with E-state index in [9.17, 15) is 0 Å². The quantitative estimate of drug-likeness (QED) is 0.695. The fraction of sp³-hybridized carbons (Fsp3) is 0.214. The lowest BCUT2D eigenvalue weighted by atomic mass is 10.3. The molecule has 0 amide bonds. The van der Waals surface area contributed by atoms with Gasteiger partial charge in [-0.1, -0.05) is 17.7 Å². The van der Waals surface area contributed by atoms with Crippen LogP contribution in [0.5, 0.6) is 0 Å². The molecule has 3 aromatic rings. The van der Waals surface area contributed by atoms with E-state index in [2.05, 4.69) is 15.0 Å². The largest absolute Gasteiger partial charge is 0.306 e. The van der Waals surface area contributed by atoms with E-state index in [4.69, 9.17) is 23.2 Å². The summed E-state index contributed by atoms with van der Waals surface area (Å²) in [6.07, 6.45) is 1.61. The number of rotatable bonds is 3. The van der Waals surface area contributed by atoms with Gasteiger partial charge in [-0.05, 0) is 25.1 Å². The van der Waals surface area contributed by atoms with Crippen molar-refractivity contribution >= 4 is 34.4 Å². The van der Waals surface area contributed by atoms with Crippen molar-refractivity contribution in [2.24, 2.45) is 0 Å². The molecule has 3 aromatic heterocycles. The maximum Gasteiger partial charge on any atom is 0.160 e. The first-order chi connectivity index (χ1) is 9.67. The molecular weight excluding hydrogens is 295 g/mol. The highest BCUT2D eigenvalue weighted by Gasteiger charge is 2.12. The van der Waals surface area contributed by atoms with Gasteiger partial charge in [0.25, 0.3) is 0 Å². The Hall–Kier alpha value is -1.65. The Labute approximate surface area is 126 Å². The number of hydrogen-bond acceptors (Lipinski definition) is 3. The van der Waals surface area contributed by atoms with E-state index in [1.807, 2.05) is 29.7 Å². The zero-order valence-corrected chi connectivity index (χ0v) is 12.4. The summed E-state index contributed by atoms with van der Waals surface area (Å²) in [6.45, 7) is 2.56. The second kappa shape index (κ2) is 5.38. The van der Waals surface area contributed by atoms with Crippen molar-refractivity contribution in [1.82, 2.24) is 19.5 Å². The maximum absolute atomic E-state index is 5.98. The molecule has 0 bridgehead atoms. The average Bonchev–Trinajstić information content (AvgIpc) is 2.76. The van der Waals surface area contributed by atoms with Gasteiger partial charge in [0, 0.05) is 11.9 Å². The van der Waals surface area contributed by atoms with Crippen molar-refractivity contribution in [3.05, 3.63) is 52.7 Å². The Morgan fingerprint density at radius 3 is 2.85 bits per heavy atom. The van der Waals surface area contributed by atoms with Crippen molar-refractivity contribution in [3.63, 3.8) is 0 Å². The fourth-order valence-electron chi connectivity index (χ4n) is 2.15. The number of pyridine rings is 2. The van der Waals surface area contributed by atoms with Gasteiger partial charge in [0.2, 0.25) is 0 Å². The van der Waals surface area contributed by atoms with Crippen LogP contribution in [0.25, 0.3) is 11.2 Å². The van der Waals surface area contributed by atoms with Crippen LogP contribution in [-0.2, 0) is 12.4 Å². The van der Waals surface area contributed by atoms with E-state index in [1.165, 1.54) is 0 Å². The monoisotopic (exact) mass is 306 g/mol. The molecule has 0 atom stereocenters. The lowest BCUT2D eigenvalue weighted by Crippen LogP contribution is -2.06. The first kappa shape index (κ1) is 13.3. The highest BCUT2D eigenvalue weighted by Crippen LogP contribution is 2.20. The Kier molecular flexibility index (Phi) is 3.59. The third-order valence-corrected chi connectivity index (χ3v) is 3.46. The van der Waals surface area contributed by atoms with Crippen LogP contribution in [0.1, 0.15) is 17.2 Å². The average molecular weight is 307 g/mol. The Balaban J connectivity index is 2.10. The molecule has 102 valence electrons. The molecule has 0 saturated carbocycles. The van der Waals surface area contributed by atoms with E-state index in [-0.39, 0.29) is 0 Å². The molecular formula is C14H12Cl2N4. The molecule has 0 N–H and O–H groups in total. The summed E-state index contributed by atoms with van der Waals surface area (Å²) in [6, 6.07) is 7.73. The number of alkyl halides is 1.